The molecule has 0 atom stereocenters. The molecular weight excluding hydrogens is 383 g/mol. The van der Waals surface area contributed by atoms with Crippen molar-refractivity contribution in [3.8, 4) is 0 Å². The number of nitrogens with one attached hydrogen (secondary N) is 2. The molecule has 2 amide bonds. The number of alkyl halides is 3. The summed E-state index contributed by atoms with van der Waals surface area (Å²) in [6.45, 7) is 0.384. The van der Waals surface area contributed by atoms with Crippen LogP contribution in [0.15, 0.2) is 42.7 Å². The van der Waals surface area contributed by atoms with Gasteiger partial charge in [-0.2, -0.15) is 13.2 Å². The van der Waals surface area contributed by atoms with E-state index >= 15 is 0 Å². The van der Waals surface area contributed by atoms with Gasteiger partial charge in [0.15, 0.2) is 0 Å². The van der Waals surface area contributed by atoms with Crippen LogP contribution in [0.5, 0.6) is 0 Å². The lowest BCUT2D eigenvalue weighted by atomic mass is 9.69. The summed E-state index contributed by atoms with van der Waals surface area (Å²) < 4.78 is 38.0. The Hall–Kier alpha value is -2.68. The molecule has 0 bridgehead atoms. The molecule has 9 heteroatoms. The van der Waals surface area contributed by atoms with Crippen molar-refractivity contribution in [1.82, 2.24) is 20.6 Å². The standard InChI is InChI=1S/C20H22F3N5O/c1-24-19(14-5-3-2-4-6-14)9-7-18(8-10-19)13-28(17(29)27-18)15-11-25-16(26-12-15)20(21,22)23/h2-6,11-12,24H,7-10,13H2,1H3,(H,27,29)/t18-,19-. The molecule has 154 valence electrons. The molecule has 6 nitrogen and oxygen atoms in total. The zero-order valence-corrected chi connectivity index (χ0v) is 16.0. The lowest BCUT2D eigenvalue weighted by molar-refractivity contribution is -0.144. The van der Waals surface area contributed by atoms with Crippen LogP contribution in [0.3, 0.4) is 0 Å². The van der Waals surface area contributed by atoms with E-state index in [-0.39, 0.29) is 17.3 Å². The van der Waals surface area contributed by atoms with Crippen molar-refractivity contribution in [2.45, 2.75) is 42.9 Å². The van der Waals surface area contributed by atoms with Gasteiger partial charge in [0.1, 0.15) is 0 Å². The molecule has 2 fully saturated rings. The molecule has 0 radical (unpaired) electrons. The van der Waals surface area contributed by atoms with E-state index < -0.39 is 17.5 Å². The smallest absolute Gasteiger partial charge is 0.330 e. The van der Waals surface area contributed by atoms with Gasteiger partial charge >= 0.3 is 12.2 Å². The number of hydrogen-bond acceptors (Lipinski definition) is 4. The molecule has 1 aliphatic carbocycles. The monoisotopic (exact) mass is 405 g/mol. The predicted octanol–water partition coefficient (Wildman–Crippen LogP) is 3.45. The second-order valence-electron chi connectivity index (χ2n) is 7.76. The number of benzene rings is 1. The first-order valence-electron chi connectivity index (χ1n) is 9.50. The highest BCUT2D eigenvalue weighted by Gasteiger charge is 2.49. The minimum Gasteiger partial charge on any atom is -0.330 e. The zero-order valence-electron chi connectivity index (χ0n) is 16.0. The van der Waals surface area contributed by atoms with Crippen LogP contribution in [0.4, 0.5) is 23.7 Å². The van der Waals surface area contributed by atoms with Gasteiger partial charge < -0.3 is 10.6 Å². The number of carbonyl (C=O) groups is 1. The Balaban J connectivity index is 1.50. The van der Waals surface area contributed by atoms with Crippen molar-refractivity contribution in [2.24, 2.45) is 0 Å². The second kappa shape index (κ2) is 6.98. The average Bonchev–Trinajstić information content (AvgIpc) is 3.05. The van der Waals surface area contributed by atoms with E-state index in [0.717, 1.165) is 38.1 Å². The minimum atomic E-state index is -4.61. The molecule has 1 aromatic carbocycles. The number of aromatic nitrogens is 2. The fourth-order valence-corrected chi connectivity index (χ4v) is 4.40. The van der Waals surface area contributed by atoms with Gasteiger partial charge in [0, 0.05) is 5.54 Å². The molecule has 29 heavy (non-hydrogen) atoms. The van der Waals surface area contributed by atoms with Crippen LogP contribution < -0.4 is 15.5 Å². The minimum absolute atomic E-state index is 0.151. The molecule has 2 aliphatic rings. The number of anilines is 1. The lowest BCUT2D eigenvalue weighted by Gasteiger charge is -2.45. The summed E-state index contributed by atoms with van der Waals surface area (Å²) in [4.78, 5) is 20.7. The summed E-state index contributed by atoms with van der Waals surface area (Å²) >= 11 is 0. The maximum atomic E-state index is 12.7. The summed E-state index contributed by atoms with van der Waals surface area (Å²) in [6.07, 6.45) is 0.692. The van der Waals surface area contributed by atoms with Gasteiger partial charge in [-0.25, -0.2) is 14.8 Å². The summed E-state index contributed by atoms with van der Waals surface area (Å²) in [5, 5.41) is 6.52. The number of hydrogen-bond donors (Lipinski definition) is 2. The van der Waals surface area contributed by atoms with Crippen LogP contribution >= 0.6 is 0 Å². The van der Waals surface area contributed by atoms with E-state index in [0.29, 0.717) is 6.54 Å². The van der Waals surface area contributed by atoms with Crippen molar-refractivity contribution in [3.05, 3.63) is 54.1 Å². The molecular formula is C20H22F3N5O. The van der Waals surface area contributed by atoms with Crippen LogP contribution in [-0.2, 0) is 11.7 Å². The number of urea groups is 1. The van der Waals surface area contributed by atoms with Crippen LogP contribution in [0, 0.1) is 0 Å². The van der Waals surface area contributed by atoms with E-state index in [4.69, 9.17) is 0 Å². The first-order chi connectivity index (χ1) is 13.8. The quantitative estimate of drug-likeness (QED) is 0.821. The number of halogens is 3. The Bertz CT molecular complexity index is 877. The largest absolute Gasteiger partial charge is 0.451 e. The van der Waals surface area contributed by atoms with E-state index in [2.05, 4.69) is 32.7 Å². The van der Waals surface area contributed by atoms with Crippen LogP contribution in [0.25, 0.3) is 0 Å². The highest BCUT2D eigenvalue weighted by Crippen LogP contribution is 2.43. The van der Waals surface area contributed by atoms with Crippen LogP contribution in [0.1, 0.15) is 37.1 Å². The van der Waals surface area contributed by atoms with Crippen molar-refractivity contribution >= 4 is 11.7 Å². The Morgan fingerprint density at radius 2 is 1.69 bits per heavy atom. The molecule has 1 saturated carbocycles. The van der Waals surface area contributed by atoms with Crippen LogP contribution in [-0.4, -0.2) is 35.1 Å². The highest BCUT2D eigenvalue weighted by molar-refractivity contribution is 5.95. The van der Waals surface area contributed by atoms with Gasteiger partial charge in [-0.3, -0.25) is 4.90 Å². The molecule has 2 aromatic rings. The SMILES string of the molecule is CN[C@]1(c2ccccc2)CC[C@@]2(CC1)CN(c1cnc(C(F)(F)F)nc1)C(=O)N2. The number of carbonyl (C=O) groups excluding carboxylic acids is 1. The molecule has 1 aliphatic heterocycles. The fourth-order valence-electron chi connectivity index (χ4n) is 4.40. The first kappa shape index (κ1) is 19.6. The third-order valence-corrected chi connectivity index (χ3v) is 6.15. The van der Waals surface area contributed by atoms with Gasteiger partial charge in [-0.15, -0.1) is 0 Å². The number of amides is 2. The molecule has 4 rings (SSSR count). The van der Waals surface area contributed by atoms with Crippen molar-refractivity contribution in [3.63, 3.8) is 0 Å². The third-order valence-electron chi connectivity index (χ3n) is 6.15. The fraction of sp³-hybridized carbons (Fsp3) is 0.450. The van der Waals surface area contributed by atoms with Crippen LogP contribution in [0.2, 0.25) is 0 Å². The third kappa shape index (κ3) is 3.55. The summed E-state index contributed by atoms with van der Waals surface area (Å²) in [6, 6.07) is 9.90. The maximum Gasteiger partial charge on any atom is 0.451 e. The zero-order chi connectivity index (χ0) is 20.7. The average molecular weight is 405 g/mol. The Labute approximate surface area is 166 Å². The highest BCUT2D eigenvalue weighted by atomic mass is 19.4. The van der Waals surface area contributed by atoms with Gasteiger partial charge in [-0.1, -0.05) is 30.3 Å². The maximum absolute atomic E-state index is 12.7. The van der Waals surface area contributed by atoms with Gasteiger partial charge in [0.25, 0.3) is 0 Å². The Morgan fingerprint density at radius 1 is 1.07 bits per heavy atom. The van der Waals surface area contributed by atoms with Crippen molar-refractivity contribution in [2.75, 3.05) is 18.5 Å². The number of rotatable bonds is 3. The van der Waals surface area contributed by atoms with Gasteiger partial charge in [0.2, 0.25) is 5.82 Å². The summed E-state index contributed by atoms with van der Waals surface area (Å²) in [5.74, 6) is -1.21. The molecule has 1 spiro atoms. The molecule has 1 aromatic heterocycles. The normalized spacial score (nSPS) is 27.3. The van der Waals surface area contributed by atoms with Crippen molar-refractivity contribution < 1.29 is 18.0 Å². The molecule has 1 saturated heterocycles. The van der Waals surface area contributed by atoms with Crippen molar-refractivity contribution in [1.29, 1.82) is 0 Å². The molecule has 2 N–H and O–H groups in total. The van der Waals surface area contributed by atoms with E-state index in [1.54, 1.807) is 0 Å². The Kier molecular flexibility index (Phi) is 4.72. The second-order valence-corrected chi connectivity index (χ2v) is 7.76. The van der Waals surface area contributed by atoms with E-state index in [9.17, 15) is 18.0 Å². The van der Waals surface area contributed by atoms with E-state index in [1.165, 1.54) is 10.5 Å². The molecule has 2 heterocycles. The topological polar surface area (TPSA) is 70.1 Å². The van der Waals surface area contributed by atoms with Gasteiger partial charge in [-0.05, 0) is 38.3 Å². The summed E-state index contributed by atoms with van der Waals surface area (Å²) in [7, 11) is 1.95. The predicted molar refractivity (Wildman–Crippen MR) is 101 cm³/mol. The summed E-state index contributed by atoms with van der Waals surface area (Å²) in [5.41, 5.74) is 0.924. The molecule has 0 unspecified atom stereocenters. The lowest BCUT2D eigenvalue weighted by Crippen LogP contribution is -2.53. The Morgan fingerprint density at radius 3 is 2.24 bits per heavy atom. The first-order valence-corrected chi connectivity index (χ1v) is 9.50. The number of nitrogens with zero attached hydrogens (tertiary/aromatic N) is 3. The van der Waals surface area contributed by atoms with Gasteiger partial charge in [0.05, 0.1) is 30.2 Å². The van der Waals surface area contributed by atoms with E-state index in [1.807, 2.05) is 25.2 Å².